The minimum absolute atomic E-state index is 0.0734. The molecule has 0 amide bonds. The van der Waals surface area contributed by atoms with Gasteiger partial charge in [-0.25, -0.2) is 4.79 Å². The van der Waals surface area contributed by atoms with Crippen LogP contribution in [0.3, 0.4) is 0 Å². The molecule has 0 saturated heterocycles. The maximum absolute atomic E-state index is 12.7. The first-order valence-corrected chi connectivity index (χ1v) is 9.04. The topological polar surface area (TPSA) is 90.7 Å². The quantitative estimate of drug-likeness (QED) is 0.254. The lowest BCUT2D eigenvalue weighted by Crippen LogP contribution is -2.29. The van der Waals surface area contributed by atoms with Crippen molar-refractivity contribution in [3.05, 3.63) is 62.6 Å². The van der Waals surface area contributed by atoms with Gasteiger partial charge in [-0.1, -0.05) is 15.9 Å². The highest BCUT2D eigenvalue weighted by Gasteiger charge is 2.33. The van der Waals surface area contributed by atoms with Crippen LogP contribution in [0.25, 0.3) is 0 Å². The lowest BCUT2D eigenvalue weighted by atomic mass is 10.1. The van der Waals surface area contributed by atoms with E-state index in [1.165, 1.54) is 6.92 Å². The van der Waals surface area contributed by atoms with Gasteiger partial charge in [-0.15, -0.1) is 0 Å². The van der Waals surface area contributed by atoms with Gasteiger partial charge < -0.3 is 14.8 Å². The maximum atomic E-state index is 12.7. The molecule has 0 heterocycles. The number of halogens is 4. The van der Waals surface area contributed by atoms with E-state index in [0.717, 1.165) is 10.5 Å². The summed E-state index contributed by atoms with van der Waals surface area (Å²) >= 11 is 3.29. The van der Waals surface area contributed by atoms with Crippen molar-refractivity contribution >= 4 is 33.3 Å². The number of nitrogens with zero attached hydrogens (tertiary/aromatic N) is 1. The van der Waals surface area contributed by atoms with E-state index in [9.17, 15) is 28.1 Å². The number of carbonyl (C=O) groups excluding carboxylic acids is 1. The van der Waals surface area contributed by atoms with Gasteiger partial charge in [0.05, 0.1) is 10.5 Å². The minimum Gasteiger partial charge on any atom is -0.490 e. The average molecular weight is 477 g/mol. The zero-order valence-corrected chi connectivity index (χ0v) is 16.6. The number of hydrogen-bond donors (Lipinski definition) is 1. The smallest absolute Gasteiger partial charge is 0.416 e. The van der Waals surface area contributed by atoms with Crippen LogP contribution in [0, 0.1) is 10.1 Å². The number of rotatable bonds is 8. The molecule has 7 nitrogen and oxygen atoms in total. The van der Waals surface area contributed by atoms with E-state index in [-0.39, 0.29) is 18.9 Å². The molecule has 0 radical (unpaired) electrons. The van der Waals surface area contributed by atoms with Crippen molar-refractivity contribution in [1.29, 1.82) is 0 Å². The molecule has 2 aromatic carbocycles. The van der Waals surface area contributed by atoms with Gasteiger partial charge in [0.2, 0.25) is 0 Å². The van der Waals surface area contributed by atoms with Crippen LogP contribution >= 0.6 is 15.9 Å². The maximum Gasteiger partial charge on any atom is 0.416 e. The Hall–Kier alpha value is -2.82. The Morgan fingerprint density at radius 2 is 1.86 bits per heavy atom. The second-order valence-electron chi connectivity index (χ2n) is 5.82. The van der Waals surface area contributed by atoms with Crippen LogP contribution in [0.5, 0.6) is 5.75 Å². The fourth-order valence-electron chi connectivity index (χ4n) is 2.23. The highest BCUT2D eigenvalue weighted by molar-refractivity contribution is 9.10. The number of alkyl halides is 3. The van der Waals surface area contributed by atoms with Gasteiger partial charge in [-0.3, -0.25) is 10.1 Å². The van der Waals surface area contributed by atoms with Crippen LogP contribution in [-0.4, -0.2) is 30.1 Å². The molecule has 0 fully saturated rings. The molecule has 2 aromatic rings. The Morgan fingerprint density at radius 1 is 1.21 bits per heavy atom. The van der Waals surface area contributed by atoms with Crippen molar-refractivity contribution < 1.29 is 32.4 Å². The minimum atomic E-state index is -4.72. The summed E-state index contributed by atoms with van der Waals surface area (Å²) in [5, 5.41) is 13.6. The second kappa shape index (κ2) is 9.59. The Kier molecular flexibility index (Phi) is 7.43. The Balaban J connectivity index is 1.91. The summed E-state index contributed by atoms with van der Waals surface area (Å²) < 4.78 is 49.5. The molecule has 1 N–H and O–H groups in total. The van der Waals surface area contributed by atoms with Crippen LogP contribution in [0.1, 0.15) is 12.5 Å². The van der Waals surface area contributed by atoms with Crippen molar-refractivity contribution in [3.63, 3.8) is 0 Å². The molecule has 11 heteroatoms. The van der Waals surface area contributed by atoms with Crippen LogP contribution in [0.2, 0.25) is 0 Å². The van der Waals surface area contributed by atoms with E-state index >= 15 is 0 Å². The molecule has 0 spiro atoms. The molecule has 0 aliphatic carbocycles. The first-order valence-electron chi connectivity index (χ1n) is 8.25. The fraction of sp³-hybridized carbons (Fsp3) is 0.278. The molecule has 0 aromatic heterocycles. The number of nitrogens with one attached hydrogen (secondary N) is 1. The van der Waals surface area contributed by atoms with Crippen molar-refractivity contribution in [3.8, 4) is 5.75 Å². The standard InChI is InChI=1S/C18H16BrF3N2O5/c1-11(17(25)29-9-8-28-14-5-3-13(19)4-6-14)23-15-7-2-12(18(20,21)22)10-16(15)24(26)27/h2-7,10-11,23H,8-9H2,1H3/t11-/m0/s1. The number of nitro groups is 1. The highest BCUT2D eigenvalue weighted by Crippen LogP contribution is 2.35. The van der Waals surface area contributed by atoms with Crippen LogP contribution in [0.15, 0.2) is 46.9 Å². The summed E-state index contributed by atoms with van der Waals surface area (Å²) in [6, 6.07) is 7.99. The van der Waals surface area contributed by atoms with Crippen molar-refractivity contribution in [1.82, 2.24) is 0 Å². The van der Waals surface area contributed by atoms with Crippen molar-refractivity contribution in [2.24, 2.45) is 0 Å². The molecule has 0 aliphatic heterocycles. The van der Waals surface area contributed by atoms with Gasteiger partial charge in [-0.2, -0.15) is 13.2 Å². The van der Waals surface area contributed by atoms with Gasteiger partial charge in [0.1, 0.15) is 30.7 Å². The monoisotopic (exact) mass is 476 g/mol. The van der Waals surface area contributed by atoms with Crippen molar-refractivity contribution in [2.75, 3.05) is 18.5 Å². The van der Waals surface area contributed by atoms with Gasteiger partial charge >= 0.3 is 12.1 Å². The third-order valence-corrected chi connectivity index (χ3v) is 4.19. The van der Waals surface area contributed by atoms with Gasteiger partial charge in [0, 0.05) is 10.5 Å². The predicted octanol–water partition coefficient (Wildman–Crippen LogP) is 4.80. The van der Waals surface area contributed by atoms with E-state index in [1.54, 1.807) is 24.3 Å². The molecule has 2 rings (SSSR count). The molecule has 0 unspecified atom stereocenters. The molecule has 0 saturated carbocycles. The van der Waals surface area contributed by atoms with Crippen LogP contribution < -0.4 is 10.1 Å². The predicted molar refractivity (Wildman–Crippen MR) is 102 cm³/mol. The number of esters is 1. The number of carbonyl (C=O) groups is 1. The van der Waals surface area contributed by atoms with Crippen LogP contribution in [-0.2, 0) is 15.7 Å². The molecular weight excluding hydrogens is 461 g/mol. The lowest BCUT2D eigenvalue weighted by Gasteiger charge is -2.16. The Bertz CT molecular complexity index is 875. The van der Waals surface area contributed by atoms with E-state index in [1.807, 2.05) is 0 Å². The summed E-state index contributed by atoms with van der Waals surface area (Å²) in [6.45, 7) is 1.38. The largest absolute Gasteiger partial charge is 0.490 e. The van der Waals surface area contributed by atoms with E-state index in [2.05, 4.69) is 21.2 Å². The molecular formula is C18H16BrF3N2O5. The molecule has 0 aliphatic rings. The third-order valence-electron chi connectivity index (χ3n) is 3.66. The van der Waals surface area contributed by atoms with Gasteiger partial charge in [0.25, 0.3) is 5.69 Å². The zero-order valence-electron chi connectivity index (χ0n) is 15.0. The van der Waals surface area contributed by atoms with Gasteiger partial charge in [0.15, 0.2) is 0 Å². The Labute approximate surface area is 172 Å². The van der Waals surface area contributed by atoms with Crippen LogP contribution in [0.4, 0.5) is 24.5 Å². The summed E-state index contributed by atoms with van der Waals surface area (Å²) in [4.78, 5) is 22.1. The third kappa shape index (κ3) is 6.63. The molecule has 29 heavy (non-hydrogen) atoms. The zero-order chi connectivity index (χ0) is 21.6. The summed E-state index contributed by atoms with van der Waals surface area (Å²) in [6.07, 6.45) is -4.72. The Morgan fingerprint density at radius 3 is 2.45 bits per heavy atom. The highest BCUT2D eigenvalue weighted by atomic mass is 79.9. The van der Waals surface area contributed by atoms with E-state index in [0.29, 0.717) is 17.9 Å². The normalized spacial score (nSPS) is 12.2. The second-order valence-corrected chi connectivity index (χ2v) is 6.74. The molecule has 1 atom stereocenters. The number of anilines is 1. The fourth-order valence-corrected chi connectivity index (χ4v) is 2.50. The summed E-state index contributed by atoms with van der Waals surface area (Å²) in [5.74, 6) is -0.158. The van der Waals surface area contributed by atoms with Gasteiger partial charge in [-0.05, 0) is 43.3 Å². The summed E-state index contributed by atoms with van der Waals surface area (Å²) in [5.41, 5.74) is -2.17. The van der Waals surface area contributed by atoms with Crippen molar-refractivity contribution in [2.45, 2.75) is 19.1 Å². The molecule has 156 valence electrons. The number of ether oxygens (including phenoxy) is 2. The lowest BCUT2D eigenvalue weighted by molar-refractivity contribution is -0.384. The first-order chi connectivity index (χ1) is 13.6. The number of hydrogen-bond acceptors (Lipinski definition) is 6. The average Bonchev–Trinajstić information content (AvgIpc) is 2.65. The van der Waals surface area contributed by atoms with E-state index < -0.39 is 34.4 Å². The molecule has 0 bridgehead atoms. The number of benzene rings is 2. The SMILES string of the molecule is C[C@H](Nc1ccc(C(F)(F)F)cc1[N+](=O)[O-])C(=O)OCCOc1ccc(Br)cc1. The number of nitro benzene ring substituents is 1. The van der Waals surface area contributed by atoms with E-state index in [4.69, 9.17) is 9.47 Å². The first kappa shape index (κ1) is 22.5. The summed E-state index contributed by atoms with van der Waals surface area (Å²) in [7, 11) is 0.